The molecule has 2 fully saturated rings. The van der Waals surface area contributed by atoms with Crippen molar-refractivity contribution in [2.75, 3.05) is 61.8 Å². The number of anilines is 6. The van der Waals surface area contributed by atoms with Gasteiger partial charge in [0.1, 0.15) is 12.2 Å². The minimum atomic E-state index is -2.68. The van der Waals surface area contributed by atoms with Crippen molar-refractivity contribution in [3.05, 3.63) is 59.9 Å². The summed E-state index contributed by atoms with van der Waals surface area (Å²) in [6, 6.07) is 14.3. The highest BCUT2D eigenvalue weighted by Gasteiger charge is 2.46. The maximum atomic E-state index is 13.3. The van der Waals surface area contributed by atoms with Crippen LogP contribution in [0.25, 0.3) is 10.9 Å². The number of hydrogen-bond acceptors (Lipinski definition) is 9. The average Bonchev–Trinajstić information content (AvgIpc) is 2.93. The molecule has 1 aliphatic carbocycles. The van der Waals surface area contributed by atoms with Gasteiger partial charge >= 0.3 is 0 Å². The Labute approximate surface area is 252 Å². The van der Waals surface area contributed by atoms with Crippen LogP contribution in [0.15, 0.2) is 54.9 Å². The van der Waals surface area contributed by atoms with Gasteiger partial charge in [-0.3, -0.25) is 4.98 Å². The Morgan fingerprint density at radius 2 is 1.83 bits per heavy atom. The van der Waals surface area contributed by atoms with Crippen molar-refractivity contribution in [1.29, 1.82) is 0 Å². The number of nitrogens with two attached hydrogens (primary N) is 1. The van der Waals surface area contributed by atoms with Crippen LogP contribution in [-0.4, -0.2) is 66.4 Å². The van der Waals surface area contributed by atoms with Crippen molar-refractivity contribution in [2.24, 2.45) is 5.41 Å². The maximum Gasteiger partial charge on any atom is 0.229 e. The fraction of sp³-hybridized carbons (Fsp3) is 0.387. The van der Waals surface area contributed by atoms with E-state index in [1.54, 1.807) is 25.7 Å². The summed E-state index contributed by atoms with van der Waals surface area (Å²) in [5.74, 6) is 0.779. The minimum absolute atomic E-state index is 0.348. The van der Waals surface area contributed by atoms with Crippen LogP contribution in [-0.2, 0) is 4.57 Å². The van der Waals surface area contributed by atoms with Gasteiger partial charge in [-0.1, -0.05) is 17.7 Å². The Bertz CT molecular complexity index is 1670. The zero-order valence-electron chi connectivity index (χ0n) is 24.6. The number of nitrogen functional groups attached to an aromatic ring is 1. The number of nitrogens with zero attached hydrogens (tertiary/aromatic N) is 5. The van der Waals surface area contributed by atoms with Crippen LogP contribution in [0.3, 0.4) is 0 Å². The van der Waals surface area contributed by atoms with Gasteiger partial charge < -0.3 is 30.7 Å². The van der Waals surface area contributed by atoms with Crippen LogP contribution < -0.4 is 26.6 Å². The lowest BCUT2D eigenvalue weighted by atomic mass is 9.60. The zero-order chi connectivity index (χ0) is 29.6. The molecule has 4 N–H and O–H groups in total. The van der Waals surface area contributed by atoms with Gasteiger partial charge in [0, 0.05) is 41.7 Å². The van der Waals surface area contributed by atoms with Crippen molar-refractivity contribution in [1.82, 2.24) is 19.9 Å². The average molecular weight is 605 g/mol. The van der Waals surface area contributed by atoms with E-state index in [1.165, 1.54) is 25.7 Å². The summed E-state index contributed by atoms with van der Waals surface area (Å²) in [7, 11) is 1.69. The third-order valence-corrected chi connectivity index (χ3v) is 10.6. The lowest BCUT2D eigenvalue weighted by Crippen LogP contribution is -2.53. The van der Waals surface area contributed by atoms with Crippen LogP contribution in [0, 0.1) is 5.41 Å². The van der Waals surface area contributed by atoms with Gasteiger partial charge in [-0.05, 0) is 94.9 Å². The quantitative estimate of drug-likeness (QED) is 0.165. The first-order valence-corrected chi connectivity index (χ1v) is 17.3. The molecule has 9 nitrogen and oxygen atoms in total. The molecule has 42 heavy (non-hydrogen) atoms. The fourth-order valence-electron chi connectivity index (χ4n) is 6.45. The van der Waals surface area contributed by atoms with E-state index in [9.17, 15) is 4.57 Å². The first kappa shape index (κ1) is 28.7. The molecule has 0 radical (unpaired) electrons. The van der Waals surface area contributed by atoms with Crippen LogP contribution in [0.1, 0.15) is 25.7 Å². The number of hydrogen-bond donors (Lipinski definition) is 3. The van der Waals surface area contributed by atoms with E-state index in [-0.39, 0.29) is 0 Å². The Morgan fingerprint density at radius 1 is 1.07 bits per heavy atom. The SMILES string of the molecule is CN(C)C1CC2(CCN(c3ccc(Nc4ncc(Cl)c(Nc5ccc6ncccc6c5P(C)(C)=O)n4)cc3N)CC2)C1. The lowest BCUT2D eigenvalue weighted by Gasteiger charge is -2.54. The van der Waals surface area contributed by atoms with Gasteiger partial charge in [-0.15, -0.1) is 0 Å². The topological polar surface area (TPSA) is 112 Å². The Kier molecular flexibility index (Phi) is 7.54. The Morgan fingerprint density at radius 3 is 2.52 bits per heavy atom. The molecule has 0 unspecified atom stereocenters. The molecule has 2 aromatic heterocycles. The molecule has 0 amide bonds. The third kappa shape index (κ3) is 5.65. The van der Waals surface area contributed by atoms with E-state index in [2.05, 4.69) is 55.5 Å². The van der Waals surface area contributed by atoms with Crippen molar-refractivity contribution in [2.45, 2.75) is 31.7 Å². The molecule has 220 valence electrons. The molecule has 4 aromatic rings. The normalized spacial score (nSPS) is 17.0. The summed E-state index contributed by atoms with van der Waals surface area (Å²) in [6.45, 7) is 5.56. The zero-order valence-corrected chi connectivity index (χ0v) is 26.2. The standard InChI is InChI=1S/C31H38ClN8OP/c1-39(2)21-17-31(18-21)11-14-40(15-12-31)27-10-7-20(16-24(27)33)36-30-35-19-23(32)29(38-30)37-26-9-8-25-22(6-5-13-34-25)28(26)42(3,4)41/h5-10,13,16,19,21H,11-12,14-15,17-18,33H2,1-4H3,(H2,35,36,37,38). The van der Waals surface area contributed by atoms with Crippen LogP contribution in [0.2, 0.25) is 5.02 Å². The van der Waals surface area contributed by atoms with Crippen LogP contribution >= 0.6 is 18.7 Å². The number of nitrogens with one attached hydrogen (secondary N) is 2. The number of benzene rings is 2. The van der Waals surface area contributed by atoms with E-state index < -0.39 is 7.14 Å². The van der Waals surface area contributed by atoms with Gasteiger partial charge in [0.05, 0.1) is 28.8 Å². The first-order valence-electron chi connectivity index (χ1n) is 14.3. The molecule has 1 saturated carbocycles. The minimum Gasteiger partial charge on any atom is -0.397 e. The van der Waals surface area contributed by atoms with E-state index in [1.807, 2.05) is 36.4 Å². The van der Waals surface area contributed by atoms with Gasteiger partial charge in [-0.2, -0.15) is 4.98 Å². The van der Waals surface area contributed by atoms with E-state index >= 15 is 0 Å². The fourth-order valence-corrected chi connectivity index (χ4v) is 8.06. The Balaban J connectivity index is 1.17. The summed E-state index contributed by atoms with van der Waals surface area (Å²) in [6.07, 6.45) is 8.31. The Hall–Kier alpha value is -3.39. The molecule has 0 bridgehead atoms. The highest BCUT2D eigenvalue weighted by Crippen LogP contribution is 2.51. The second-order valence-electron chi connectivity index (χ2n) is 12.3. The van der Waals surface area contributed by atoms with Gasteiger partial charge in [0.25, 0.3) is 0 Å². The molecule has 2 aromatic carbocycles. The molecule has 0 atom stereocenters. The molecule has 2 aliphatic rings. The van der Waals surface area contributed by atoms with Gasteiger partial charge in [-0.25, -0.2) is 4.98 Å². The number of fused-ring (bicyclic) bond motifs is 1. The monoisotopic (exact) mass is 604 g/mol. The number of pyridine rings is 1. The second kappa shape index (κ2) is 11.0. The van der Waals surface area contributed by atoms with Gasteiger partial charge in [0.15, 0.2) is 5.82 Å². The smallest absolute Gasteiger partial charge is 0.229 e. The second-order valence-corrected chi connectivity index (χ2v) is 15.9. The lowest BCUT2D eigenvalue weighted by molar-refractivity contribution is 0.00492. The van der Waals surface area contributed by atoms with Crippen molar-refractivity contribution in [3.63, 3.8) is 0 Å². The van der Waals surface area contributed by atoms with Crippen LogP contribution in [0.5, 0.6) is 0 Å². The number of halogens is 1. The molecular formula is C31H38ClN8OP. The molecule has 6 rings (SSSR count). The largest absolute Gasteiger partial charge is 0.397 e. The van der Waals surface area contributed by atoms with E-state index in [4.69, 9.17) is 17.3 Å². The van der Waals surface area contributed by atoms with Crippen molar-refractivity contribution >= 4 is 69.5 Å². The van der Waals surface area contributed by atoms with E-state index in [0.717, 1.165) is 47.1 Å². The molecule has 1 saturated heterocycles. The summed E-state index contributed by atoms with van der Waals surface area (Å²) in [4.78, 5) is 18.2. The number of rotatable bonds is 7. The number of aromatic nitrogens is 3. The van der Waals surface area contributed by atoms with Gasteiger partial charge in [0.2, 0.25) is 5.95 Å². The van der Waals surface area contributed by atoms with E-state index in [0.29, 0.717) is 33.2 Å². The molecular weight excluding hydrogens is 567 g/mol. The highest BCUT2D eigenvalue weighted by molar-refractivity contribution is 7.71. The summed E-state index contributed by atoms with van der Waals surface area (Å²) in [5, 5.41) is 8.45. The maximum absolute atomic E-state index is 13.3. The predicted octanol–water partition coefficient (Wildman–Crippen LogP) is 6.31. The first-order chi connectivity index (χ1) is 20.0. The number of piperidine rings is 1. The van der Waals surface area contributed by atoms with Crippen LogP contribution in [0.4, 0.5) is 34.5 Å². The van der Waals surface area contributed by atoms with Crippen molar-refractivity contribution < 1.29 is 4.57 Å². The molecule has 1 aliphatic heterocycles. The molecule has 11 heteroatoms. The summed E-state index contributed by atoms with van der Waals surface area (Å²) < 4.78 is 13.3. The predicted molar refractivity (Wildman–Crippen MR) is 176 cm³/mol. The third-order valence-electron chi connectivity index (χ3n) is 8.81. The summed E-state index contributed by atoms with van der Waals surface area (Å²) >= 11 is 6.50. The molecule has 3 heterocycles. The summed E-state index contributed by atoms with van der Waals surface area (Å²) in [5.41, 5.74) is 11.1. The van der Waals surface area contributed by atoms with Crippen molar-refractivity contribution in [3.8, 4) is 0 Å². The molecule has 1 spiro atoms. The highest BCUT2D eigenvalue weighted by atomic mass is 35.5.